The fraction of sp³-hybridized carbons (Fsp3) is 0.529. The normalized spacial score (nSPS) is 14.7. The molecule has 0 saturated carbocycles. The summed E-state index contributed by atoms with van der Waals surface area (Å²) in [6.45, 7) is 7.47. The van der Waals surface area contributed by atoms with Crippen molar-refractivity contribution in [2.24, 2.45) is 0 Å². The van der Waals surface area contributed by atoms with Gasteiger partial charge in [0.05, 0.1) is 6.54 Å². The minimum atomic E-state index is -0.101. The van der Waals surface area contributed by atoms with E-state index in [1.165, 1.54) is 5.56 Å². The van der Waals surface area contributed by atoms with Gasteiger partial charge in [0.2, 0.25) is 6.41 Å². The summed E-state index contributed by atoms with van der Waals surface area (Å²) < 4.78 is 5.78. The van der Waals surface area contributed by atoms with Gasteiger partial charge in [0, 0.05) is 26.2 Å². The number of carbonyl (C=O) groups excluding carboxylic acids is 2. The van der Waals surface area contributed by atoms with Crippen LogP contribution in [0.1, 0.15) is 25.3 Å². The number of nitrogens with one attached hydrogen (secondary N) is 1. The summed E-state index contributed by atoms with van der Waals surface area (Å²) in [5.74, 6) is 1.27. The molecular weight excluding hydrogens is 294 g/mol. The van der Waals surface area contributed by atoms with Gasteiger partial charge in [-0.1, -0.05) is 32.0 Å². The highest BCUT2D eigenvalue weighted by atomic mass is 16.5. The Hall–Kier alpha value is -2.24. The number of hydrogen-bond acceptors (Lipinski definition) is 3. The Balaban J connectivity index is 1.71. The molecule has 0 aliphatic carbocycles. The Morgan fingerprint density at radius 1 is 1.26 bits per heavy atom. The Morgan fingerprint density at radius 2 is 1.96 bits per heavy atom. The first-order chi connectivity index (χ1) is 11.1. The highest BCUT2D eigenvalue weighted by Gasteiger charge is 2.19. The number of piperazine rings is 1. The maximum absolute atomic E-state index is 12.0. The highest BCUT2D eigenvalue weighted by Crippen LogP contribution is 2.25. The van der Waals surface area contributed by atoms with E-state index in [0.717, 1.165) is 12.2 Å². The summed E-state index contributed by atoms with van der Waals surface area (Å²) in [6, 6.07) is 7.87. The largest absolute Gasteiger partial charge is 0.491 e. The smallest absolute Gasteiger partial charge is 0.317 e. The van der Waals surface area contributed by atoms with Crippen molar-refractivity contribution in [2.75, 3.05) is 39.3 Å². The average Bonchev–Trinajstić information content (AvgIpc) is 2.58. The maximum atomic E-state index is 12.0. The van der Waals surface area contributed by atoms with Crippen LogP contribution in [-0.4, -0.2) is 61.6 Å². The second kappa shape index (κ2) is 8.41. The number of rotatable bonds is 6. The molecule has 6 nitrogen and oxygen atoms in total. The monoisotopic (exact) mass is 319 g/mol. The van der Waals surface area contributed by atoms with Crippen LogP contribution in [0.4, 0.5) is 4.79 Å². The number of benzene rings is 1. The number of urea groups is 1. The van der Waals surface area contributed by atoms with Gasteiger partial charge in [-0.3, -0.25) is 4.79 Å². The van der Waals surface area contributed by atoms with Crippen LogP contribution in [0.3, 0.4) is 0 Å². The van der Waals surface area contributed by atoms with Gasteiger partial charge in [-0.25, -0.2) is 4.79 Å². The first kappa shape index (κ1) is 17.1. The van der Waals surface area contributed by atoms with Gasteiger partial charge < -0.3 is 19.9 Å². The molecule has 0 aromatic heterocycles. The first-order valence-corrected chi connectivity index (χ1v) is 8.05. The van der Waals surface area contributed by atoms with Crippen molar-refractivity contribution in [1.82, 2.24) is 15.1 Å². The summed E-state index contributed by atoms with van der Waals surface area (Å²) in [5, 5.41) is 2.86. The molecule has 3 amide bonds. The standard InChI is InChI=1S/C17H25N3O3/c1-14(2)15-5-3-4-6-16(15)23-12-7-18-17(22)20-10-8-19(13-21)9-11-20/h3-6,13-14H,7-12H2,1-2H3,(H,18,22). The van der Waals surface area contributed by atoms with Crippen molar-refractivity contribution in [3.63, 3.8) is 0 Å². The van der Waals surface area contributed by atoms with Gasteiger partial charge in [0.25, 0.3) is 0 Å². The fourth-order valence-electron chi connectivity index (χ4n) is 2.55. The quantitative estimate of drug-likeness (QED) is 0.641. The van der Waals surface area contributed by atoms with Gasteiger partial charge in [-0.05, 0) is 17.5 Å². The van der Waals surface area contributed by atoms with E-state index in [4.69, 9.17) is 4.74 Å². The molecule has 0 atom stereocenters. The van der Waals surface area contributed by atoms with Gasteiger partial charge in [0.15, 0.2) is 0 Å². The molecule has 1 aliphatic rings. The maximum Gasteiger partial charge on any atom is 0.317 e. The molecule has 1 aliphatic heterocycles. The lowest BCUT2D eigenvalue weighted by Crippen LogP contribution is -2.51. The molecule has 0 unspecified atom stereocenters. The summed E-state index contributed by atoms with van der Waals surface area (Å²) in [4.78, 5) is 26.1. The molecule has 1 heterocycles. The molecule has 0 spiro atoms. The molecule has 2 rings (SSSR count). The molecule has 1 saturated heterocycles. The van der Waals surface area contributed by atoms with E-state index < -0.39 is 0 Å². The number of carbonyl (C=O) groups is 2. The molecule has 126 valence electrons. The Morgan fingerprint density at radius 3 is 2.61 bits per heavy atom. The zero-order valence-corrected chi connectivity index (χ0v) is 13.8. The van der Waals surface area contributed by atoms with Gasteiger partial charge in [0.1, 0.15) is 12.4 Å². The minimum Gasteiger partial charge on any atom is -0.491 e. The van der Waals surface area contributed by atoms with Crippen molar-refractivity contribution >= 4 is 12.4 Å². The third kappa shape index (κ3) is 4.87. The second-order valence-corrected chi connectivity index (χ2v) is 5.90. The number of ether oxygens (including phenoxy) is 1. The number of para-hydroxylation sites is 1. The number of nitrogens with zero attached hydrogens (tertiary/aromatic N) is 2. The lowest BCUT2D eigenvalue weighted by molar-refractivity contribution is -0.119. The van der Waals surface area contributed by atoms with Crippen molar-refractivity contribution in [2.45, 2.75) is 19.8 Å². The van der Waals surface area contributed by atoms with Gasteiger partial charge in [-0.2, -0.15) is 0 Å². The topological polar surface area (TPSA) is 61.9 Å². The van der Waals surface area contributed by atoms with Crippen LogP contribution >= 0.6 is 0 Å². The lowest BCUT2D eigenvalue weighted by Gasteiger charge is -2.32. The summed E-state index contributed by atoms with van der Waals surface area (Å²) in [5.41, 5.74) is 1.17. The van der Waals surface area contributed by atoms with E-state index in [1.54, 1.807) is 9.80 Å². The molecule has 23 heavy (non-hydrogen) atoms. The van der Waals surface area contributed by atoms with Crippen molar-refractivity contribution < 1.29 is 14.3 Å². The molecule has 1 fully saturated rings. The van der Waals surface area contributed by atoms with Gasteiger partial charge >= 0.3 is 6.03 Å². The van der Waals surface area contributed by atoms with Crippen LogP contribution in [-0.2, 0) is 4.79 Å². The molecule has 6 heteroatoms. The highest BCUT2D eigenvalue weighted by molar-refractivity contribution is 5.74. The van der Waals surface area contributed by atoms with Crippen molar-refractivity contribution in [1.29, 1.82) is 0 Å². The zero-order chi connectivity index (χ0) is 16.7. The second-order valence-electron chi connectivity index (χ2n) is 5.90. The van der Waals surface area contributed by atoms with E-state index in [9.17, 15) is 9.59 Å². The van der Waals surface area contributed by atoms with Crippen LogP contribution in [0, 0.1) is 0 Å². The summed E-state index contributed by atoms with van der Waals surface area (Å²) in [7, 11) is 0. The van der Waals surface area contributed by atoms with Crippen LogP contribution in [0.5, 0.6) is 5.75 Å². The molecule has 0 bridgehead atoms. The van der Waals surface area contributed by atoms with Crippen LogP contribution in [0.25, 0.3) is 0 Å². The zero-order valence-electron chi connectivity index (χ0n) is 13.8. The Kier molecular flexibility index (Phi) is 6.26. The van der Waals surface area contributed by atoms with Crippen molar-refractivity contribution in [3.8, 4) is 5.75 Å². The molecule has 1 aromatic rings. The molecule has 0 radical (unpaired) electrons. The lowest BCUT2D eigenvalue weighted by atomic mass is 10.0. The Labute approximate surface area is 137 Å². The third-order valence-corrected chi connectivity index (χ3v) is 3.93. The summed E-state index contributed by atoms with van der Waals surface area (Å²) >= 11 is 0. The predicted octanol–water partition coefficient (Wildman–Crippen LogP) is 1.67. The third-order valence-electron chi connectivity index (χ3n) is 3.93. The molecule has 1 N–H and O–H groups in total. The Bertz CT molecular complexity index is 526. The first-order valence-electron chi connectivity index (χ1n) is 8.05. The predicted molar refractivity (Wildman–Crippen MR) is 88.6 cm³/mol. The minimum absolute atomic E-state index is 0.101. The van der Waals surface area contributed by atoms with Gasteiger partial charge in [-0.15, -0.1) is 0 Å². The van der Waals surface area contributed by atoms with E-state index >= 15 is 0 Å². The van der Waals surface area contributed by atoms with Crippen molar-refractivity contribution in [3.05, 3.63) is 29.8 Å². The van der Waals surface area contributed by atoms with E-state index in [1.807, 2.05) is 18.2 Å². The fourth-order valence-corrected chi connectivity index (χ4v) is 2.55. The van der Waals surface area contributed by atoms with E-state index in [2.05, 4.69) is 25.2 Å². The van der Waals surface area contributed by atoms with Crippen LogP contribution in [0.15, 0.2) is 24.3 Å². The van der Waals surface area contributed by atoms with Crippen LogP contribution in [0.2, 0.25) is 0 Å². The summed E-state index contributed by atoms with van der Waals surface area (Å²) in [6.07, 6.45) is 0.829. The van der Waals surface area contributed by atoms with Crippen LogP contribution < -0.4 is 10.1 Å². The number of amides is 3. The van der Waals surface area contributed by atoms with E-state index in [-0.39, 0.29) is 6.03 Å². The number of hydrogen-bond donors (Lipinski definition) is 1. The molecular formula is C17H25N3O3. The van der Waals surface area contributed by atoms with E-state index in [0.29, 0.717) is 45.2 Å². The average molecular weight is 319 g/mol. The molecule has 1 aromatic carbocycles. The SMILES string of the molecule is CC(C)c1ccccc1OCCNC(=O)N1CCN(C=O)CC1.